The minimum Gasteiger partial charge on any atom is -0.477 e. The summed E-state index contributed by atoms with van der Waals surface area (Å²) in [6.45, 7) is 2.02. The number of hydrogen-bond donors (Lipinski definition) is 3. The highest BCUT2D eigenvalue weighted by molar-refractivity contribution is 8.00. The Balaban J connectivity index is 1.78. The van der Waals surface area contributed by atoms with E-state index in [1.165, 1.54) is 23.8 Å². The average Bonchev–Trinajstić information content (AvgIpc) is 3.15. The van der Waals surface area contributed by atoms with Crippen LogP contribution in [0.25, 0.3) is 0 Å². The standard InChI is InChI=1S/C18H21N5O5S2/c1-3-4-5-6-9-7-29-16-12(15(25)23(16)13(9)17(26)27)21-14(24)11(22-28-2)10-8-30-18(19)20-10/h5-6,8,12,16H,3-4,7H2,1-2H3,(H2,19,20)(H,21,24)(H,26,27)/b6-5+,22-11-/t12?,16-/m0/s1. The van der Waals surface area contributed by atoms with E-state index >= 15 is 0 Å². The molecule has 1 aromatic heterocycles. The van der Waals surface area contributed by atoms with Crippen LogP contribution in [0.4, 0.5) is 5.13 Å². The third-order valence-electron chi connectivity index (χ3n) is 4.42. The zero-order chi connectivity index (χ0) is 21.8. The smallest absolute Gasteiger partial charge is 0.352 e. The maximum absolute atomic E-state index is 12.7. The number of fused-ring (bicyclic) bond motifs is 1. The van der Waals surface area contributed by atoms with Gasteiger partial charge in [0.2, 0.25) is 0 Å². The fourth-order valence-corrected chi connectivity index (χ4v) is 4.93. The van der Waals surface area contributed by atoms with Crippen molar-refractivity contribution >= 4 is 51.7 Å². The summed E-state index contributed by atoms with van der Waals surface area (Å²) in [7, 11) is 1.29. The molecule has 4 N–H and O–H groups in total. The monoisotopic (exact) mass is 451 g/mol. The minimum atomic E-state index is -1.17. The Hall–Kier alpha value is -2.86. The number of thiazole rings is 1. The molecule has 2 aliphatic rings. The van der Waals surface area contributed by atoms with Gasteiger partial charge in [-0.05, 0) is 12.0 Å². The van der Waals surface area contributed by atoms with Gasteiger partial charge in [0.1, 0.15) is 29.9 Å². The maximum atomic E-state index is 12.7. The lowest BCUT2D eigenvalue weighted by molar-refractivity contribution is -0.150. The summed E-state index contributed by atoms with van der Waals surface area (Å²) in [5, 5.41) is 17.3. The second kappa shape index (κ2) is 9.30. The number of carbonyl (C=O) groups is 3. The van der Waals surface area contributed by atoms with Gasteiger partial charge < -0.3 is 21.0 Å². The molecule has 1 aromatic rings. The van der Waals surface area contributed by atoms with E-state index in [1.54, 1.807) is 11.5 Å². The summed E-state index contributed by atoms with van der Waals surface area (Å²) in [5.41, 5.74) is 6.26. The molecule has 10 nitrogen and oxygen atoms in total. The predicted octanol–water partition coefficient (Wildman–Crippen LogP) is 1.17. The molecule has 0 aromatic carbocycles. The van der Waals surface area contributed by atoms with Crippen LogP contribution in [0.3, 0.4) is 0 Å². The molecular weight excluding hydrogens is 430 g/mol. The van der Waals surface area contributed by atoms with Crippen molar-refractivity contribution in [2.24, 2.45) is 5.16 Å². The van der Waals surface area contributed by atoms with Crippen LogP contribution in [0.2, 0.25) is 0 Å². The third kappa shape index (κ3) is 4.19. The van der Waals surface area contributed by atoms with Gasteiger partial charge in [-0.15, -0.1) is 23.1 Å². The molecule has 12 heteroatoms. The van der Waals surface area contributed by atoms with Crippen LogP contribution >= 0.6 is 23.1 Å². The van der Waals surface area contributed by atoms with Crippen LogP contribution in [0.5, 0.6) is 0 Å². The molecule has 0 radical (unpaired) electrons. The van der Waals surface area contributed by atoms with Gasteiger partial charge in [-0.3, -0.25) is 14.5 Å². The van der Waals surface area contributed by atoms with E-state index in [4.69, 9.17) is 10.6 Å². The molecule has 2 amide bonds. The number of nitrogens with two attached hydrogens (primary N) is 1. The number of aromatic nitrogens is 1. The molecule has 2 aliphatic heterocycles. The molecule has 2 atom stereocenters. The van der Waals surface area contributed by atoms with E-state index in [1.807, 2.05) is 13.0 Å². The summed E-state index contributed by atoms with van der Waals surface area (Å²) in [6.07, 6.45) is 5.41. The first kappa shape index (κ1) is 21.8. The first-order valence-electron chi connectivity index (χ1n) is 9.10. The molecule has 1 fully saturated rings. The molecule has 1 unspecified atom stereocenters. The van der Waals surface area contributed by atoms with Crippen LogP contribution in [-0.2, 0) is 19.2 Å². The number of carbonyl (C=O) groups excluding carboxylic acids is 2. The molecule has 3 rings (SSSR count). The van der Waals surface area contributed by atoms with Gasteiger partial charge in [-0.25, -0.2) is 9.78 Å². The Morgan fingerprint density at radius 2 is 2.30 bits per heavy atom. The van der Waals surface area contributed by atoms with Crippen LogP contribution < -0.4 is 11.1 Å². The van der Waals surface area contributed by atoms with Crippen LogP contribution in [0, 0.1) is 0 Å². The highest BCUT2D eigenvalue weighted by Crippen LogP contribution is 2.40. The minimum absolute atomic E-state index is 0.0420. The van der Waals surface area contributed by atoms with Crippen molar-refractivity contribution in [1.82, 2.24) is 15.2 Å². The Morgan fingerprint density at radius 1 is 1.53 bits per heavy atom. The van der Waals surface area contributed by atoms with E-state index in [9.17, 15) is 19.5 Å². The number of amides is 2. The number of hydrogen-bond acceptors (Lipinski definition) is 9. The maximum Gasteiger partial charge on any atom is 0.352 e. The number of nitrogens with one attached hydrogen (secondary N) is 1. The Labute approximate surface area is 180 Å². The van der Waals surface area contributed by atoms with Crippen molar-refractivity contribution in [2.45, 2.75) is 31.2 Å². The zero-order valence-corrected chi connectivity index (χ0v) is 18.0. The van der Waals surface area contributed by atoms with Gasteiger partial charge >= 0.3 is 5.97 Å². The zero-order valence-electron chi connectivity index (χ0n) is 16.3. The van der Waals surface area contributed by atoms with Gasteiger partial charge in [0.25, 0.3) is 11.8 Å². The second-order valence-electron chi connectivity index (χ2n) is 6.42. The third-order valence-corrected chi connectivity index (χ3v) is 6.40. The van der Waals surface area contributed by atoms with E-state index in [-0.39, 0.29) is 22.2 Å². The normalized spacial score (nSPS) is 21.5. The Morgan fingerprint density at radius 3 is 2.90 bits per heavy atom. The largest absolute Gasteiger partial charge is 0.477 e. The van der Waals surface area contributed by atoms with E-state index < -0.39 is 29.2 Å². The number of aliphatic carboxylic acids is 1. The SMILES string of the molecule is CCC/C=C/C1=C(C(=O)O)N2C(=O)C(NC(=O)/C(=N\OC)c3csc(N)n3)[C@@H]2SC1. The molecule has 0 bridgehead atoms. The van der Waals surface area contributed by atoms with Crippen molar-refractivity contribution in [3.8, 4) is 0 Å². The molecule has 0 saturated carbocycles. The van der Waals surface area contributed by atoms with Gasteiger partial charge in [-0.2, -0.15) is 0 Å². The number of allylic oxidation sites excluding steroid dienone is 2. The fourth-order valence-electron chi connectivity index (χ4n) is 3.07. The Bertz CT molecular complexity index is 955. The van der Waals surface area contributed by atoms with Crippen LogP contribution in [0.15, 0.2) is 34.0 Å². The second-order valence-corrected chi connectivity index (χ2v) is 8.42. The molecule has 3 heterocycles. The number of unbranched alkanes of at least 4 members (excludes halogenated alkanes) is 1. The van der Waals surface area contributed by atoms with E-state index in [2.05, 4.69) is 15.5 Å². The number of oxime groups is 1. The quantitative estimate of drug-likeness (QED) is 0.303. The number of carboxylic acid groups (broad SMARTS) is 1. The average molecular weight is 452 g/mol. The van der Waals surface area contributed by atoms with Gasteiger partial charge in [0, 0.05) is 11.1 Å². The van der Waals surface area contributed by atoms with Crippen molar-refractivity contribution in [2.75, 3.05) is 18.6 Å². The van der Waals surface area contributed by atoms with Crippen molar-refractivity contribution in [3.63, 3.8) is 0 Å². The summed E-state index contributed by atoms with van der Waals surface area (Å²) in [4.78, 5) is 47.2. The highest BCUT2D eigenvalue weighted by atomic mass is 32.2. The number of β-lactam (4-membered cyclic amide) rings is 1. The summed E-state index contributed by atoms with van der Waals surface area (Å²) in [6, 6.07) is -0.879. The number of anilines is 1. The molecule has 0 aliphatic carbocycles. The van der Waals surface area contributed by atoms with Crippen molar-refractivity contribution in [3.05, 3.63) is 34.5 Å². The molecule has 1 saturated heterocycles. The van der Waals surface area contributed by atoms with Crippen molar-refractivity contribution < 1.29 is 24.3 Å². The number of rotatable bonds is 8. The van der Waals surface area contributed by atoms with Crippen LogP contribution in [0.1, 0.15) is 25.5 Å². The summed E-state index contributed by atoms with van der Waals surface area (Å²) < 4.78 is 0. The lowest BCUT2D eigenvalue weighted by Gasteiger charge is -2.49. The molecule has 0 spiro atoms. The number of carboxylic acids is 1. The molecule has 30 heavy (non-hydrogen) atoms. The van der Waals surface area contributed by atoms with Gasteiger partial charge in [0.15, 0.2) is 10.8 Å². The number of nitrogen functional groups attached to an aromatic ring is 1. The molecular formula is C18H21N5O5S2. The first-order chi connectivity index (χ1) is 14.4. The lowest BCUT2D eigenvalue weighted by Crippen LogP contribution is -2.71. The van der Waals surface area contributed by atoms with Crippen LogP contribution in [-0.4, -0.2) is 62.8 Å². The van der Waals surface area contributed by atoms with E-state index in [0.717, 1.165) is 24.2 Å². The predicted molar refractivity (Wildman–Crippen MR) is 114 cm³/mol. The van der Waals surface area contributed by atoms with Gasteiger partial charge in [-0.1, -0.05) is 30.7 Å². The number of thioether (sulfide) groups is 1. The molecule has 160 valence electrons. The summed E-state index contributed by atoms with van der Waals surface area (Å²) in [5.74, 6) is -1.90. The number of nitrogens with zero attached hydrogens (tertiary/aromatic N) is 3. The van der Waals surface area contributed by atoms with Gasteiger partial charge in [0.05, 0.1) is 0 Å². The highest BCUT2D eigenvalue weighted by Gasteiger charge is 2.54. The first-order valence-corrected chi connectivity index (χ1v) is 11.0. The lowest BCUT2D eigenvalue weighted by atomic mass is 10.0. The Kier molecular flexibility index (Phi) is 6.77. The topological polar surface area (TPSA) is 147 Å². The van der Waals surface area contributed by atoms with E-state index in [0.29, 0.717) is 11.3 Å². The van der Waals surface area contributed by atoms with Crippen molar-refractivity contribution in [1.29, 1.82) is 0 Å². The summed E-state index contributed by atoms with van der Waals surface area (Å²) >= 11 is 2.53. The fraction of sp³-hybridized carbons (Fsp3) is 0.389.